The van der Waals surface area contributed by atoms with Crippen molar-refractivity contribution in [2.75, 3.05) is 13.6 Å². The van der Waals surface area contributed by atoms with E-state index in [-0.39, 0.29) is 5.82 Å². The van der Waals surface area contributed by atoms with Crippen molar-refractivity contribution in [3.63, 3.8) is 0 Å². The maximum absolute atomic E-state index is 14.0. The summed E-state index contributed by atoms with van der Waals surface area (Å²) >= 11 is 5.04. The molecular formula is C15H16BrFN2S. The Morgan fingerprint density at radius 3 is 3.15 bits per heavy atom. The first-order valence-corrected chi connectivity index (χ1v) is 8.39. The van der Waals surface area contributed by atoms with Crippen LogP contribution in [0.3, 0.4) is 0 Å². The van der Waals surface area contributed by atoms with Gasteiger partial charge >= 0.3 is 0 Å². The largest absolute Gasteiger partial charge is 0.319 e. The molecule has 2 aromatic rings. The summed E-state index contributed by atoms with van der Waals surface area (Å²) in [5.74, 6) is 0.258. The van der Waals surface area contributed by atoms with Crippen LogP contribution < -0.4 is 5.32 Å². The molecule has 20 heavy (non-hydrogen) atoms. The van der Waals surface area contributed by atoms with E-state index in [1.54, 1.807) is 17.4 Å². The van der Waals surface area contributed by atoms with Crippen LogP contribution in [0.2, 0.25) is 0 Å². The zero-order chi connectivity index (χ0) is 14.1. The monoisotopic (exact) mass is 354 g/mol. The average Bonchev–Trinajstić information content (AvgIpc) is 2.87. The standard InChI is InChI=1S/C15H16BrFN2S/c1-18-8-9-3-2-4-13-14(9)19-15(20-13)11-7-10(16)5-6-12(11)17/h5-7,9,18H,2-4,8H2,1H3. The Balaban J connectivity index is 2.02. The van der Waals surface area contributed by atoms with Gasteiger partial charge in [-0.05, 0) is 44.5 Å². The molecule has 1 unspecified atom stereocenters. The number of likely N-dealkylation sites (N-methyl/N-ethyl adjacent to an activating group) is 1. The molecule has 0 fully saturated rings. The third kappa shape index (κ3) is 2.67. The van der Waals surface area contributed by atoms with E-state index >= 15 is 0 Å². The van der Waals surface area contributed by atoms with E-state index in [4.69, 9.17) is 4.98 Å². The fourth-order valence-electron chi connectivity index (χ4n) is 2.73. The van der Waals surface area contributed by atoms with Crippen LogP contribution in [0.1, 0.15) is 29.3 Å². The van der Waals surface area contributed by atoms with Crippen LogP contribution in [0.25, 0.3) is 10.6 Å². The normalized spacial score (nSPS) is 18.1. The van der Waals surface area contributed by atoms with Gasteiger partial charge in [-0.1, -0.05) is 15.9 Å². The Labute approximate surface area is 130 Å². The molecule has 1 heterocycles. The molecule has 106 valence electrons. The molecule has 0 spiro atoms. The van der Waals surface area contributed by atoms with E-state index in [0.29, 0.717) is 11.5 Å². The predicted molar refractivity (Wildman–Crippen MR) is 84.8 cm³/mol. The number of rotatable bonds is 3. The van der Waals surface area contributed by atoms with Gasteiger partial charge in [0.25, 0.3) is 0 Å². The Bertz CT molecular complexity index is 626. The topological polar surface area (TPSA) is 24.9 Å². The van der Waals surface area contributed by atoms with Crippen molar-refractivity contribution in [1.82, 2.24) is 10.3 Å². The molecular weight excluding hydrogens is 339 g/mol. The zero-order valence-electron chi connectivity index (χ0n) is 11.2. The third-order valence-corrected chi connectivity index (χ3v) is 5.34. The van der Waals surface area contributed by atoms with Crippen LogP contribution in [0.5, 0.6) is 0 Å². The smallest absolute Gasteiger partial charge is 0.133 e. The highest BCUT2D eigenvalue weighted by Gasteiger charge is 2.25. The number of aromatic nitrogens is 1. The van der Waals surface area contributed by atoms with Crippen LogP contribution >= 0.6 is 27.3 Å². The van der Waals surface area contributed by atoms with Gasteiger partial charge in [0.05, 0.1) is 5.69 Å². The van der Waals surface area contributed by atoms with Gasteiger partial charge in [0, 0.05) is 27.4 Å². The van der Waals surface area contributed by atoms with E-state index in [2.05, 4.69) is 21.2 Å². The van der Waals surface area contributed by atoms with Gasteiger partial charge < -0.3 is 5.32 Å². The lowest BCUT2D eigenvalue weighted by Gasteiger charge is -2.20. The van der Waals surface area contributed by atoms with Gasteiger partial charge in [-0.3, -0.25) is 0 Å². The lowest BCUT2D eigenvalue weighted by molar-refractivity contribution is 0.523. The van der Waals surface area contributed by atoms with Crippen molar-refractivity contribution in [1.29, 1.82) is 0 Å². The molecule has 1 aromatic heterocycles. The molecule has 1 aliphatic carbocycles. The Morgan fingerprint density at radius 2 is 2.35 bits per heavy atom. The first-order chi connectivity index (χ1) is 9.69. The number of aryl methyl sites for hydroxylation is 1. The fourth-order valence-corrected chi connectivity index (χ4v) is 4.30. The number of thiazole rings is 1. The van der Waals surface area contributed by atoms with E-state index in [0.717, 1.165) is 28.9 Å². The summed E-state index contributed by atoms with van der Waals surface area (Å²) < 4.78 is 14.9. The van der Waals surface area contributed by atoms with Crippen molar-refractivity contribution < 1.29 is 4.39 Å². The van der Waals surface area contributed by atoms with Crippen LogP contribution in [0, 0.1) is 5.82 Å². The average molecular weight is 355 g/mol. The molecule has 0 bridgehead atoms. The molecule has 2 nitrogen and oxygen atoms in total. The maximum atomic E-state index is 14.0. The van der Waals surface area contributed by atoms with Gasteiger partial charge in [-0.25, -0.2) is 9.37 Å². The molecule has 0 saturated heterocycles. The summed E-state index contributed by atoms with van der Waals surface area (Å²) in [6, 6.07) is 5.02. The number of benzene rings is 1. The molecule has 0 saturated carbocycles. The Kier molecular flexibility index (Phi) is 4.19. The van der Waals surface area contributed by atoms with Gasteiger partial charge in [0.1, 0.15) is 10.8 Å². The predicted octanol–water partition coefficient (Wildman–Crippen LogP) is 4.35. The quantitative estimate of drug-likeness (QED) is 0.885. The molecule has 0 radical (unpaired) electrons. The van der Waals surface area contributed by atoms with Gasteiger partial charge in [0.2, 0.25) is 0 Å². The van der Waals surface area contributed by atoms with Gasteiger partial charge in [-0.2, -0.15) is 0 Å². The lowest BCUT2D eigenvalue weighted by atomic mass is 9.91. The Morgan fingerprint density at radius 1 is 1.50 bits per heavy atom. The summed E-state index contributed by atoms with van der Waals surface area (Å²) in [7, 11) is 1.97. The van der Waals surface area contributed by atoms with E-state index in [1.807, 2.05) is 13.1 Å². The van der Waals surface area contributed by atoms with Crippen molar-refractivity contribution >= 4 is 27.3 Å². The molecule has 3 rings (SSSR count). The third-order valence-electron chi connectivity index (χ3n) is 3.68. The SMILES string of the molecule is CNCC1CCCc2sc(-c3cc(Br)ccc3F)nc21. The number of halogens is 2. The molecule has 0 aliphatic heterocycles. The minimum atomic E-state index is -0.204. The van der Waals surface area contributed by atoms with Crippen LogP contribution in [0.4, 0.5) is 4.39 Å². The lowest BCUT2D eigenvalue weighted by Crippen LogP contribution is -2.20. The van der Waals surface area contributed by atoms with Crippen molar-refractivity contribution in [2.45, 2.75) is 25.2 Å². The summed E-state index contributed by atoms with van der Waals surface area (Å²) in [6.45, 7) is 0.942. The zero-order valence-corrected chi connectivity index (χ0v) is 13.7. The van der Waals surface area contributed by atoms with Crippen molar-refractivity contribution in [2.24, 2.45) is 0 Å². The van der Waals surface area contributed by atoms with Crippen LogP contribution in [-0.4, -0.2) is 18.6 Å². The minimum absolute atomic E-state index is 0.204. The number of fused-ring (bicyclic) bond motifs is 1. The second kappa shape index (κ2) is 5.92. The Hall–Kier alpha value is -0.780. The highest BCUT2D eigenvalue weighted by atomic mass is 79.9. The van der Waals surface area contributed by atoms with E-state index in [1.165, 1.54) is 23.1 Å². The van der Waals surface area contributed by atoms with Gasteiger partial charge in [-0.15, -0.1) is 11.3 Å². The van der Waals surface area contributed by atoms with Crippen molar-refractivity contribution in [3.05, 3.63) is 39.1 Å². The molecule has 1 aliphatic rings. The van der Waals surface area contributed by atoms with E-state index < -0.39 is 0 Å². The number of nitrogens with zero attached hydrogens (tertiary/aromatic N) is 1. The van der Waals surface area contributed by atoms with Crippen LogP contribution in [-0.2, 0) is 6.42 Å². The molecule has 5 heteroatoms. The highest BCUT2D eigenvalue weighted by molar-refractivity contribution is 9.10. The second-order valence-corrected chi connectivity index (χ2v) is 7.10. The molecule has 1 aromatic carbocycles. The number of hydrogen-bond donors (Lipinski definition) is 1. The summed E-state index contributed by atoms with van der Waals surface area (Å²) in [4.78, 5) is 6.07. The number of hydrogen-bond acceptors (Lipinski definition) is 3. The van der Waals surface area contributed by atoms with Gasteiger partial charge in [0.15, 0.2) is 0 Å². The molecule has 0 amide bonds. The second-order valence-electron chi connectivity index (χ2n) is 5.10. The summed E-state index contributed by atoms with van der Waals surface area (Å²) in [5, 5.41) is 4.03. The minimum Gasteiger partial charge on any atom is -0.319 e. The number of nitrogens with one attached hydrogen (secondary N) is 1. The van der Waals surface area contributed by atoms with Crippen molar-refractivity contribution in [3.8, 4) is 10.6 Å². The first kappa shape index (κ1) is 14.2. The summed E-state index contributed by atoms with van der Waals surface area (Å²) in [5.41, 5.74) is 1.77. The highest BCUT2D eigenvalue weighted by Crippen LogP contribution is 2.39. The molecule has 1 N–H and O–H groups in total. The fraction of sp³-hybridized carbons (Fsp3) is 0.400. The molecule has 1 atom stereocenters. The van der Waals surface area contributed by atoms with Crippen LogP contribution in [0.15, 0.2) is 22.7 Å². The van der Waals surface area contributed by atoms with E-state index in [9.17, 15) is 4.39 Å². The maximum Gasteiger partial charge on any atom is 0.133 e. The first-order valence-electron chi connectivity index (χ1n) is 6.78. The summed E-state index contributed by atoms with van der Waals surface area (Å²) in [6.07, 6.45) is 3.43.